The number of carbonyl (C=O) groups is 1. The Kier molecular flexibility index (Phi) is 48.4. The molecule has 3 N–H and O–H groups in total. The molecule has 0 aliphatic rings. The topological polar surface area (TPSA) is 69.6 Å². The van der Waals surface area contributed by atoms with Crippen LogP contribution in [-0.2, 0) is 4.79 Å². The molecule has 0 aliphatic heterocycles. The highest BCUT2D eigenvalue weighted by molar-refractivity contribution is 5.76. The van der Waals surface area contributed by atoms with Crippen LogP contribution in [0.15, 0.2) is 97.2 Å². The Morgan fingerprint density at radius 3 is 1.17 bits per heavy atom. The number of aliphatic hydroxyl groups excluding tert-OH is 2. The van der Waals surface area contributed by atoms with Crippen LogP contribution >= 0.6 is 0 Å². The van der Waals surface area contributed by atoms with Crippen LogP contribution in [0, 0.1) is 0 Å². The van der Waals surface area contributed by atoms with Gasteiger partial charge in [0.05, 0.1) is 18.8 Å². The maximum Gasteiger partial charge on any atom is 0.220 e. The number of amides is 1. The van der Waals surface area contributed by atoms with E-state index >= 15 is 0 Å². The van der Waals surface area contributed by atoms with Crippen molar-refractivity contribution in [1.82, 2.24) is 5.32 Å². The Morgan fingerprint density at radius 2 is 0.750 bits per heavy atom. The van der Waals surface area contributed by atoms with Gasteiger partial charge in [-0.3, -0.25) is 4.79 Å². The predicted octanol–water partition coefficient (Wildman–Crippen LogP) is 16.6. The zero-order valence-corrected chi connectivity index (χ0v) is 39.4. The molecule has 0 aromatic heterocycles. The summed E-state index contributed by atoms with van der Waals surface area (Å²) in [5.41, 5.74) is 0. The lowest BCUT2D eigenvalue weighted by molar-refractivity contribution is -0.123. The highest BCUT2D eigenvalue weighted by Crippen LogP contribution is 2.15. The van der Waals surface area contributed by atoms with Crippen LogP contribution in [0.1, 0.15) is 232 Å². The smallest absolute Gasteiger partial charge is 0.220 e. The Labute approximate surface area is 373 Å². The van der Waals surface area contributed by atoms with E-state index in [1.54, 1.807) is 6.08 Å². The molecule has 0 aromatic rings. The first-order valence-electron chi connectivity index (χ1n) is 25.5. The van der Waals surface area contributed by atoms with Crippen LogP contribution < -0.4 is 5.32 Å². The second-order valence-corrected chi connectivity index (χ2v) is 16.8. The molecule has 0 aliphatic carbocycles. The molecule has 2 unspecified atom stereocenters. The van der Waals surface area contributed by atoms with Crippen LogP contribution in [0.2, 0.25) is 0 Å². The second kappa shape index (κ2) is 50.7. The highest BCUT2D eigenvalue weighted by Gasteiger charge is 2.17. The zero-order chi connectivity index (χ0) is 43.5. The fraction of sp³-hybridized carbons (Fsp3) is 0.696. The van der Waals surface area contributed by atoms with Gasteiger partial charge in [-0.1, -0.05) is 239 Å². The lowest BCUT2D eigenvalue weighted by Crippen LogP contribution is -2.45. The minimum Gasteiger partial charge on any atom is -0.394 e. The largest absolute Gasteiger partial charge is 0.394 e. The van der Waals surface area contributed by atoms with Crippen LogP contribution in [0.4, 0.5) is 0 Å². The molecule has 0 rings (SSSR count). The molecule has 4 nitrogen and oxygen atoms in total. The molecule has 0 saturated heterocycles. The Morgan fingerprint density at radius 1 is 0.417 bits per heavy atom. The van der Waals surface area contributed by atoms with E-state index < -0.39 is 12.1 Å². The number of rotatable bonds is 45. The molecule has 60 heavy (non-hydrogen) atoms. The molecular weight excluding hydrogens is 735 g/mol. The molecule has 0 aromatic carbocycles. The Balaban J connectivity index is 3.49. The third kappa shape index (κ3) is 46.4. The molecule has 0 spiro atoms. The summed E-state index contributed by atoms with van der Waals surface area (Å²) in [5.74, 6) is -0.0771. The van der Waals surface area contributed by atoms with Crippen molar-refractivity contribution in [3.63, 3.8) is 0 Å². The van der Waals surface area contributed by atoms with Crippen molar-refractivity contribution in [2.75, 3.05) is 6.61 Å². The van der Waals surface area contributed by atoms with E-state index in [9.17, 15) is 15.0 Å². The molecule has 4 heteroatoms. The Bertz CT molecular complexity index is 1130. The van der Waals surface area contributed by atoms with Crippen LogP contribution in [0.25, 0.3) is 0 Å². The van der Waals surface area contributed by atoms with Crippen LogP contribution in [0.5, 0.6) is 0 Å². The van der Waals surface area contributed by atoms with Gasteiger partial charge in [-0.25, -0.2) is 0 Å². The Hall–Kier alpha value is -2.69. The average Bonchev–Trinajstić information content (AvgIpc) is 3.25. The molecule has 0 fully saturated rings. The summed E-state index contributed by atoms with van der Waals surface area (Å²) in [4.78, 5) is 12.4. The van der Waals surface area contributed by atoms with Crippen molar-refractivity contribution in [3.8, 4) is 0 Å². The number of aliphatic hydroxyl groups is 2. The van der Waals surface area contributed by atoms with Crippen molar-refractivity contribution >= 4 is 5.91 Å². The van der Waals surface area contributed by atoms with Crippen molar-refractivity contribution in [1.29, 1.82) is 0 Å². The fourth-order valence-electron chi connectivity index (χ4n) is 7.20. The fourth-order valence-corrected chi connectivity index (χ4v) is 7.20. The predicted molar refractivity (Wildman–Crippen MR) is 266 cm³/mol. The first-order chi connectivity index (χ1) is 29.7. The molecule has 0 saturated carbocycles. The molecule has 0 radical (unpaired) electrons. The van der Waals surface area contributed by atoms with Gasteiger partial charge in [-0.15, -0.1) is 0 Å². The van der Waals surface area contributed by atoms with Crippen molar-refractivity contribution in [2.45, 2.75) is 244 Å². The summed E-state index contributed by atoms with van der Waals surface area (Å²) < 4.78 is 0. The monoisotopic (exact) mass is 832 g/mol. The van der Waals surface area contributed by atoms with Crippen molar-refractivity contribution < 1.29 is 15.0 Å². The normalized spacial score (nSPS) is 13.7. The van der Waals surface area contributed by atoms with Gasteiger partial charge in [-0.2, -0.15) is 0 Å². The SMILES string of the molecule is CC/C=C\C/C=C\C/C=C\C/C=C\C/C=C\C/C=C\CCCCCCCCCCCCCCCCCCCCC(=O)NC(CO)C(O)/C=C/CC/C=C/CCCCCCC. The summed E-state index contributed by atoms with van der Waals surface area (Å²) in [5, 5.41) is 22.9. The van der Waals surface area contributed by atoms with E-state index in [-0.39, 0.29) is 12.5 Å². The summed E-state index contributed by atoms with van der Waals surface area (Å²) in [6.07, 6.45) is 75.6. The maximum absolute atomic E-state index is 12.4. The number of nitrogens with one attached hydrogen (secondary N) is 1. The number of allylic oxidation sites excluding steroid dienone is 15. The van der Waals surface area contributed by atoms with Gasteiger partial charge in [0.15, 0.2) is 0 Å². The number of unbranched alkanes of at least 4 members (excludes halogenated alkanes) is 24. The van der Waals surface area contributed by atoms with Gasteiger partial charge in [0.1, 0.15) is 0 Å². The van der Waals surface area contributed by atoms with Gasteiger partial charge in [0.2, 0.25) is 5.91 Å². The van der Waals surface area contributed by atoms with Gasteiger partial charge in [0, 0.05) is 6.42 Å². The lowest BCUT2D eigenvalue weighted by Gasteiger charge is -2.19. The maximum atomic E-state index is 12.4. The van der Waals surface area contributed by atoms with Gasteiger partial charge >= 0.3 is 0 Å². The van der Waals surface area contributed by atoms with Crippen molar-refractivity contribution in [3.05, 3.63) is 97.2 Å². The average molecular weight is 832 g/mol. The third-order valence-corrected chi connectivity index (χ3v) is 11.1. The molecule has 2 atom stereocenters. The minimum atomic E-state index is -0.863. The first-order valence-corrected chi connectivity index (χ1v) is 25.5. The quantitative estimate of drug-likeness (QED) is 0.0423. The van der Waals surface area contributed by atoms with E-state index in [2.05, 4.69) is 104 Å². The van der Waals surface area contributed by atoms with E-state index in [0.29, 0.717) is 6.42 Å². The van der Waals surface area contributed by atoms with Gasteiger partial charge < -0.3 is 15.5 Å². The third-order valence-electron chi connectivity index (χ3n) is 11.1. The molecular formula is C56H97NO3. The zero-order valence-electron chi connectivity index (χ0n) is 39.4. The van der Waals surface area contributed by atoms with E-state index in [4.69, 9.17) is 0 Å². The van der Waals surface area contributed by atoms with Crippen LogP contribution in [-0.4, -0.2) is 34.9 Å². The van der Waals surface area contributed by atoms with Gasteiger partial charge in [-0.05, 0) is 83.5 Å². The standard InChI is InChI=1S/C56H97NO3/c1-3-5-7-9-11-13-15-16-17-18-19-20-21-22-23-24-25-26-27-28-29-30-31-32-33-34-35-36-37-38-39-40-42-44-46-48-50-52-56(60)57-54(53-58)55(59)51-49-47-45-43-41-14-12-10-8-6-4-2/h5,7,11,13,16-17,19-20,22-23,25-26,41,43,49,51,54-55,58-59H,3-4,6,8-10,12,14-15,18,21,24,27-40,42,44-48,50,52-53H2,1-2H3,(H,57,60)/b7-5-,13-11-,17-16-,20-19-,23-22-,26-25-,43-41+,51-49+. The summed E-state index contributed by atoms with van der Waals surface area (Å²) in [6.45, 7) is 4.15. The molecule has 1 amide bonds. The number of hydrogen-bond acceptors (Lipinski definition) is 3. The lowest BCUT2D eigenvalue weighted by atomic mass is 10.0. The highest BCUT2D eigenvalue weighted by atomic mass is 16.3. The molecule has 0 heterocycles. The summed E-state index contributed by atoms with van der Waals surface area (Å²) in [7, 11) is 0. The number of carbonyl (C=O) groups excluding carboxylic acids is 1. The van der Waals surface area contributed by atoms with Crippen LogP contribution in [0.3, 0.4) is 0 Å². The minimum absolute atomic E-state index is 0.0771. The van der Waals surface area contributed by atoms with E-state index in [0.717, 1.165) is 70.6 Å². The first kappa shape index (κ1) is 57.3. The summed E-state index contributed by atoms with van der Waals surface area (Å²) in [6, 6.07) is -0.640. The van der Waals surface area contributed by atoms with Crippen molar-refractivity contribution in [2.24, 2.45) is 0 Å². The van der Waals surface area contributed by atoms with E-state index in [1.165, 1.54) is 141 Å². The second-order valence-electron chi connectivity index (χ2n) is 16.8. The van der Waals surface area contributed by atoms with E-state index in [1.807, 2.05) is 6.08 Å². The summed E-state index contributed by atoms with van der Waals surface area (Å²) >= 11 is 0. The van der Waals surface area contributed by atoms with Gasteiger partial charge in [0.25, 0.3) is 0 Å². The molecule has 0 bridgehead atoms. The molecule has 344 valence electrons. The number of hydrogen-bond donors (Lipinski definition) is 3.